The lowest BCUT2D eigenvalue weighted by Crippen LogP contribution is -2.37. The van der Waals surface area contributed by atoms with Crippen molar-refractivity contribution in [1.29, 1.82) is 0 Å². The van der Waals surface area contributed by atoms with E-state index in [0.29, 0.717) is 18.3 Å². The summed E-state index contributed by atoms with van der Waals surface area (Å²) < 4.78 is 0. The van der Waals surface area contributed by atoms with Crippen LogP contribution < -0.4 is 16.0 Å². The van der Waals surface area contributed by atoms with Crippen molar-refractivity contribution in [2.75, 3.05) is 35.6 Å². The van der Waals surface area contributed by atoms with Gasteiger partial charge in [0.1, 0.15) is 0 Å². The van der Waals surface area contributed by atoms with E-state index in [1.165, 1.54) is 6.42 Å². The van der Waals surface area contributed by atoms with Gasteiger partial charge in [0, 0.05) is 25.2 Å². The maximum Gasteiger partial charge on any atom is 0.231 e. The highest BCUT2D eigenvalue weighted by Crippen LogP contribution is 2.22. The van der Waals surface area contributed by atoms with Gasteiger partial charge in [0.25, 0.3) is 0 Å². The highest BCUT2D eigenvalue weighted by atomic mass is 16.3. The topological polar surface area (TPSA) is 100 Å². The Balaban J connectivity index is 2.17. The second kappa shape index (κ2) is 6.89. The second-order valence-corrected chi connectivity index (χ2v) is 5.88. The summed E-state index contributed by atoms with van der Waals surface area (Å²) in [6, 6.07) is 0. The van der Waals surface area contributed by atoms with Gasteiger partial charge >= 0.3 is 0 Å². The van der Waals surface area contributed by atoms with Gasteiger partial charge in [0.15, 0.2) is 0 Å². The SMILES string of the molecule is CCC(C)(CCO)Nc1nc(N)nc(N2CCCCC2)n1. The molecule has 0 radical (unpaired) electrons. The summed E-state index contributed by atoms with van der Waals surface area (Å²) >= 11 is 0. The molecule has 0 spiro atoms. The summed E-state index contributed by atoms with van der Waals surface area (Å²) in [6.45, 7) is 6.16. The van der Waals surface area contributed by atoms with E-state index in [-0.39, 0.29) is 18.1 Å². The third-order valence-electron chi connectivity index (χ3n) is 4.14. The predicted octanol–water partition coefficient (Wildman–Crippen LogP) is 1.41. The average Bonchev–Trinajstić information content (AvgIpc) is 2.48. The van der Waals surface area contributed by atoms with Crippen molar-refractivity contribution in [3.8, 4) is 0 Å². The van der Waals surface area contributed by atoms with E-state index in [2.05, 4.69) is 32.1 Å². The molecule has 7 heteroatoms. The fraction of sp³-hybridized carbons (Fsp3) is 0.786. The van der Waals surface area contributed by atoms with Crippen molar-refractivity contribution in [3.05, 3.63) is 0 Å². The van der Waals surface area contributed by atoms with Crippen LogP contribution in [-0.4, -0.2) is 45.3 Å². The maximum absolute atomic E-state index is 9.20. The standard InChI is InChI=1S/C14H26N6O/c1-3-14(2,7-10-21)19-12-16-11(15)17-13(18-12)20-8-5-4-6-9-20/h21H,3-10H2,1-2H3,(H3,15,16,17,18,19). The van der Waals surface area contributed by atoms with Gasteiger partial charge in [-0.3, -0.25) is 0 Å². The van der Waals surface area contributed by atoms with Crippen molar-refractivity contribution in [1.82, 2.24) is 15.0 Å². The van der Waals surface area contributed by atoms with E-state index >= 15 is 0 Å². The van der Waals surface area contributed by atoms with Crippen LogP contribution in [0, 0.1) is 0 Å². The summed E-state index contributed by atoms with van der Waals surface area (Å²) in [6.07, 6.45) is 5.07. The Morgan fingerprint density at radius 3 is 2.57 bits per heavy atom. The quantitative estimate of drug-likeness (QED) is 0.729. The molecule has 0 aliphatic carbocycles. The lowest BCUT2D eigenvalue weighted by Gasteiger charge is -2.30. The normalized spacial score (nSPS) is 18.3. The number of hydrogen-bond acceptors (Lipinski definition) is 7. The van der Waals surface area contributed by atoms with Gasteiger partial charge in [-0.25, -0.2) is 0 Å². The number of anilines is 3. The molecule has 21 heavy (non-hydrogen) atoms. The van der Waals surface area contributed by atoms with Crippen molar-refractivity contribution in [3.63, 3.8) is 0 Å². The van der Waals surface area contributed by atoms with Crippen molar-refractivity contribution in [2.45, 2.75) is 51.5 Å². The molecule has 2 heterocycles. The molecule has 1 fully saturated rings. The van der Waals surface area contributed by atoms with Crippen LogP contribution in [0.25, 0.3) is 0 Å². The van der Waals surface area contributed by atoms with Gasteiger partial charge in [-0.2, -0.15) is 15.0 Å². The average molecular weight is 294 g/mol. The zero-order valence-corrected chi connectivity index (χ0v) is 13.0. The smallest absolute Gasteiger partial charge is 0.231 e. The maximum atomic E-state index is 9.20. The van der Waals surface area contributed by atoms with Crippen molar-refractivity contribution in [2.24, 2.45) is 0 Å². The van der Waals surface area contributed by atoms with Gasteiger partial charge in [0.2, 0.25) is 17.8 Å². The van der Waals surface area contributed by atoms with Crippen molar-refractivity contribution < 1.29 is 5.11 Å². The largest absolute Gasteiger partial charge is 0.396 e. The van der Waals surface area contributed by atoms with Crippen LogP contribution in [-0.2, 0) is 0 Å². The first-order chi connectivity index (χ1) is 10.1. The first-order valence-corrected chi connectivity index (χ1v) is 7.72. The number of aromatic nitrogens is 3. The van der Waals surface area contributed by atoms with Crippen LogP contribution in [0.4, 0.5) is 17.8 Å². The first-order valence-electron chi connectivity index (χ1n) is 7.72. The Bertz CT molecular complexity index is 463. The highest BCUT2D eigenvalue weighted by molar-refractivity contribution is 5.43. The Morgan fingerprint density at radius 1 is 1.24 bits per heavy atom. The molecule has 1 aliphatic heterocycles. The van der Waals surface area contributed by atoms with Gasteiger partial charge in [-0.15, -0.1) is 0 Å². The van der Waals surface area contributed by atoms with Gasteiger partial charge in [0.05, 0.1) is 0 Å². The van der Waals surface area contributed by atoms with E-state index in [0.717, 1.165) is 32.4 Å². The summed E-state index contributed by atoms with van der Waals surface area (Å²) in [4.78, 5) is 15.1. The minimum absolute atomic E-state index is 0.122. The molecule has 1 aromatic heterocycles. The van der Waals surface area contributed by atoms with E-state index in [4.69, 9.17) is 5.73 Å². The molecule has 1 aromatic rings. The molecule has 0 saturated carbocycles. The summed E-state index contributed by atoms with van der Waals surface area (Å²) in [5, 5.41) is 12.5. The van der Waals surface area contributed by atoms with Crippen LogP contribution in [0.3, 0.4) is 0 Å². The number of aliphatic hydroxyl groups is 1. The number of nitrogen functional groups attached to an aromatic ring is 1. The number of aliphatic hydroxyl groups excluding tert-OH is 1. The molecule has 7 nitrogen and oxygen atoms in total. The zero-order valence-electron chi connectivity index (χ0n) is 13.0. The van der Waals surface area contributed by atoms with E-state index < -0.39 is 0 Å². The third-order valence-corrected chi connectivity index (χ3v) is 4.14. The van der Waals surface area contributed by atoms with Gasteiger partial charge in [-0.1, -0.05) is 6.92 Å². The Hall–Kier alpha value is -1.63. The fourth-order valence-electron chi connectivity index (χ4n) is 2.52. The van der Waals surface area contributed by atoms with Crippen molar-refractivity contribution >= 4 is 17.8 Å². The number of nitrogens with zero attached hydrogens (tertiary/aromatic N) is 4. The minimum atomic E-state index is -0.248. The number of nitrogens with two attached hydrogens (primary N) is 1. The second-order valence-electron chi connectivity index (χ2n) is 5.88. The molecule has 0 amide bonds. The third kappa shape index (κ3) is 4.17. The van der Waals surface area contributed by atoms with E-state index in [9.17, 15) is 5.11 Å². The van der Waals surface area contributed by atoms with Crippen LogP contribution >= 0.6 is 0 Å². The molecule has 1 aliphatic rings. The minimum Gasteiger partial charge on any atom is -0.396 e. The number of hydrogen-bond donors (Lipinski definition) is 3. The Morgan fingerprint density at radius 2 is 1.95 bits per heavy atom. The van der Waals surface area contributed by atoms with Crippen LogP contribution in [0.5, 0.6) is 0 Å². The summed E-state index contributed by atoms with van der Waals surface area (Å²) in [5.74, 6) is 1.36. The molecule has 1 saturated heterocycles. The number of piperidine rings is 1. The summed E-state index contributed by atoms with van der Waals surface area (Å²) in [7, 11) is 0. The Labute approximate surface area is 126 Å². The van der Waals surface area contributed by atoms with Crippen LogP contribution in [0.1, 0.15) is 46.0 Å². The monoisotopic (exact) mass is 294 g/mol. The lowest BCUT2D eigenvalue weighted by atomic mass is 9.95. The lowest BCUT2D eigenvalue weighted by molar-refractivity contribution is 0.251. The molecular weight excluding hydrogens is 268 g/mol. The number of rotatable bonds is 6. The predicted molar refractivity (Wildman–Crippen MR) is 84.3 cm³/mol. The molecule has 0 aromatic carbocycles. The highest BCUT2D eigenvalue weighted by Gasteiger charge is 2.23. The van der Waals surface area contributed by atoms with E-state index in [1.54, 1.807) is 0 Å². The van der Waals surface area contributed by atoms with Crippen LogP contribution in [0.15, 0.2) is 0 Å². The molecular formula is C14H26N6O. The number of nitrogens with one attached hydrogen (secondary N) is 1. The molecule has 118 valence electrons. The molecule has 0 bridgehead atoms. The van der Waals surface area contributed by atoms with Crippen LogP contribution in [0.2, 0.25) is 0 Å². The summed E-state index contributed by atoms with van der Waals surface area (Å²) in [5.41, 5.74) is 5.57. The molecule has 2 rings (SSSR count). The van der Waals surface area contributed by atoms with Gasteiger partial charge in [-0.05, 0) is 39.0 Å². The molecule has 1 atom stereocenters. The first kappa shape index (κ1) is 15.8. The Kier molecular flexibility index (Phi) is 5.17. The molecule has 1 unspecified atom stereocenters. The fourth-order valence-corrected chi connectivity index (χ4v) is 2.52. The van der Waals surface area contributed by atoms with E-state index in [1.807, 2.05) is 6.92 Å². The zero-order chi connectivity index (χ0) is 15.3. The molecule has 4 N–H and O–H groups in total. The van der Waals surface area contributed by atoms with Gasteiger partial charge < -0.3 is 21.1 Å².